The first-order valence-electron chi connectivity index (χ1n) is 4.04. The van der Waals surface area contributed by atoms with E-state index in [-0.39, 0.29) is 0 Å². The molecule has 0 aliphatic heterocycles. The fraction of sp³-hybridized carbons (Fsp3) is 0.182. The zero-order chi connectivity index (χ0) is 9.68. The second kappa shape index (κ2) is 4.45. The quantitative estimate of drug-likeness (QED) is 0.519. The summed E-state index contributed by atoms with van der Waals surface area (Å²) in [6.45, 7) is 3.64. The highest BCUT2D eigenvalue weighted by atomic mass is 16.5. The molecule has 0 heterocycles. The number of carbonyl (C=O) groups excluding carboxylic acids is 1. The third-order valence-electron chi connectivity index (χ3n) is 1.74. The molecule has 2 heteroatoms. The van der Waals surface area contributed by atoms with E-state index in [0.29, 0.717) is 11.3 Å². The zero-order valence-electron chi connectivity index (χ0n) is 7.62. The lowest BCUT2D eigenvalue weighted by Gasteiger charge is -2.03. The Labute approximate surface area is 77.8 Å². The van der Waals surface area contributed by atoms with Crippen LogP contribution in [0.5, 0.6) is 5.75 Å². The molecule has 1 rings (SSSR count). The van der Waals surface area contributed by atoms with E-state index in [1.54, 1.807) is 19.3 Å². The van der Waals surface area contributed by atoms with Crippen LogP contribution in [0.15, 0.2) is 30.9 Å². The number of rotatable bonds is 4. The van der Waals surface area contributed by atoms with Crippen LogP contribution in [0.1, 0.15) is 15.9 Å². The van der Waals surface area contributed by atoms with Crippen LogP contribution in [-0.2, 0) is 6.42 Å². The van der Waals surface area contributed by atoms with Crippen molar-refractivity contribution in [1.29, 1.82) is 0 Å². The van der Waals surface area contributed by atoms with Crippen molar-refractivity contribution in [2.24, 2.45) is 0 Å². The third kappa shape index (κ3) is 2.44. The summed E-state index contributed by atoms with van der Waals surface area (Å²) >= 11 is 0. The molecule has 0 radical (unpaired) electrons. The number of hydrogen-bond donors (Lipinski definition) is 0. The van der Waals surface area contributed by atoms with E-state index in [4.69, 9.17) is 4.74 Å². The van der Waals surface area contributed by atoms with E-state index in [0.717, 1.165) is 18.3 Å². The van der Waals surface area contributed by atoms with Crippen molar-refractivity contribution in [3.63, 3.8) is 0 Å². The molecule has 0 N–H and O–H groups in total. The minimum atomic E-state index is 0.635. The fourth-order valence-corrected chi connectivity index (χ4v) is 1.16. The van der Waals surface area contributed by atoms with Crippen LogP contribution in [-0.4, -0.2) is 13.4 Å². The molecule has 0 bridgehead atoms. The molecule has 1 aromatic rings. The normalized spacial score (nSPS) is 9.31. The lowest BCUT2D eigenvalue weighted by Crippen LogP contribution is -1.90. The van der Waals surface area contributed by atoms with Crippen LogP contribution >= 0.6 is 0 Å². The Balaban J connectivity index is 3.06. The monoisotopic (exact) mass is 176 g/mol. The lowest BCUT2D eigenvalue weighted by atomic mass is 10.1. The molecule has 0 aromatic heterocycles. The molecule has 13 heavy (non-hydrogen) atoms. The molecule has 0 amide bonds. The summed E-state index contributed by atoms with van der Waals surface area (Å²) in [5.74, 6) is 0.710. The second-order valence-electron chi connectivity index (χ2n) is 2.73. The molecular weight excluding hydrogens is 164 g/mol. The Morgan fingerprint density at radius 3 is 2.77 bits per heavy atom. The van der Waals surface area contributed by atoms with Crippen LogP contribution < -0.4 is 4.74 Å². The number of methoxy groups -OCH3 is 1. The SMILES string of the molecule is C=CCc1cc(C=O)cc(OC)c1. The summed E-state index contributed by atoms with van der Waals surface area (Å²) < 4.78 is 5.05. The van der Waals surface area contributed by atoms with Gasteiger partial charge in [-0.1, -0.05) is 6.08 Å². The second-order valence-corrected chi connectivity index (χ2v) is 2.73. The van der Waals surface area contributed by atoms with E-state index < -0.39 is 0 Å². The van der Waals surface area contributed by atoms with Crippen molar-refractivity contribution in [3.8, 4) is 5.75 Å². The predicted octanol–water partition coefficient (Wildman–Crippen LogP) is 2.24. The van der Waals surface area contributed by atoms with Gasteiger partial charge in [0.1, 0.15) is 12.0 Å². The van der Waals surface area contributed by atoms with Gasteiger partial charge in [-0.3, -0.25) is 4.79 Å². The molecule has 0 spiro atoms. The topological polar surface area (TPSA) is 26.3 Å². The van der Waals surface area contributed by atoms with Gasteiger partial charge < -0.3 is 4.74 Å². The summed E-state index contributed by atoms with van der Waals surface area (Å²) in [5, 5.41) is 0. The van der Waals surface area contributed by atoms with Crippen molar-refractivity contribution < 1.29 is 9.53 Å². The highest BCUT2D eigenvalue weighted by molar-refractivity contribution is 5.76. The van der Waals surface area contributed by atoms with Crippen molar-refractivity contribution >= 4 is 6.29 Å². The molecule has 0 fully saturated rings. The van der Waals surface area contributed by atoms with Gasteiger partial charge in [-0.05, 0) is 30.2 Å². The Morgan fingerprint density at radius 2 is 2.23 bits per heavy atom. The molecule has 0 aliphatic rings. The van der Waals surface area contributed by atoms with E-state index in [2.05, 4.69) is 6.58 Å². The number of aldehydes is 1. The highest BCUT2D eigenvalue weighted by Gasteiger charge is 1.98. The smallest absolute Gasteiger partial charge is 0.150 e. The average molecular weight is 176 g/mol. The van der Waals surface area contributed by atoms with Gasteiger partial charge in [-0.2, -0.15) is 0 Å². The van der Waals surface area contributed by atoms with E-state index >= 15 is 0 Å². The maximum atomic E-state index is 10.5. The first-order chi connectivity index (χ1) is 6.30. The van der Waals surface area contributed by atoms with Crippen molar-refractivity contribution in [1.82, 2.24) is 0 Å². The van der Waals surface area contributed by atoms with Crippen LogP contribution in [0.4, 0.5) is 0 Å². The molecule has 2 nitrogen and oxygen atoms in total. The minimum absolute atomic E-state index is 0.635. The Bertz CT molecular complexity index is 316. The molecule has 0 saturated carbocycles. The maximum absolute atomic E-state index is 10.5. The Kier molecular flexibility index (Phi) is 3.26. The first-order valence-corrected chi connectivity index (χ1v) is 4.04. The molecule has 1 aromatic carbocycles. The lowest BCUT2D eigenvalue weighted by molar-refractivity contribution is 0.112. The Morgan fingerprint density at radius 1 is 1.46 bits per heavy atom. The predicted molar refractivity (Wildman–Crippen MR) is 52.3 cm³/mol. The largest absolute Gasteiger partial charge is 0.497 e. The van der Waals surface area contributed by atoms with Gasteiger partial charge in [-0.15, -0.1) is 6.58 Å². The molecule has 68 valence electrons. The summed E-state index contributed by atoms with van der Waals surface area (Å²) in [6, 6.07) is 5.44. The highest BCUT2D eigenvalue weighted by Crippen LogP contribution is 2.16. The average Bonchev–Trinajstić information content (AvgIpc) is 2.17. The molecule has 0 unspecified atom stereocenters. The van der Waals surface area contributed by atoms with Crippen molar-refractivity contribution in [3.05, 3.63) is 42.0 Å². The van der Waals surface area contributed by atoms with Crippen LogP contribution in [0.2, 0.25) is 0 Å². The van der Waals surface area contributed by atoms with Gasteiger partial charge in [0.05, 0.1) is 7.11 Å². The Hall–Kier alpha value is -1.57. The zero-order valence-corrected chi connectivity index (χ0v) is 7.62. The summed E-state index contributed by atoms with van der Waals surface area (Å²) in [5.41, 5.74) is 1.67. The number of hydrogen-bond acceptors (Lipinski definition) is 2. The number of ether oxygens (including phenoxy) is 1. The van der Waals surface area contributed by atoms with Gasteiger partial charge in [0.25, 0.3) is 0 Å². The van der Waals surface area contributed by atoms with Gasteiger partial charge in [-0.25, -0.2) is 0 Å². The van der Waals surface area contributed by atoms with E-state index in [1.807, 2.05) is 12.1 Å². The molecule has 0 saturated heterocycles. The number of benzene rings is 1. The van der Waals surface area contributed by atoms with Crippen molar-refractivity contribution in [2.45, 2.75) is 6.42 Å². The summed E-state index contributed by atoms with van der Waals surface area (Å²) in [7, 11) is 1.58. The van der Waals surface area contributed by atoms with E-state index in [1.165, 1.54) is 0 Å². The molecule has 0 atom stereocenters. The number of carbonyl (C=O) groups is 1. The standard InChI is InChI=1S/C11H12O2/c1-3-4-9-5-10(8-12)7-11(6-9)13-2/h3,5-8H,1,4H2,2H3. The van der Waals surface area contributed by atoms with Gasteiger partial charge in [0.2, 0.25) is 0 Å². The minimum Gasteiger partial charge on any atom is -0.497 e. The van der Waals surface area contributed by atoms with Gasteiger partial charge in [0, 0.05) is 5.56 Å². The summed E-state index contributed by atoms with van der Waals surface area (Å²) in [4.78, 5) is 10.5. The molecular formula is C11H12O2. The van der Waals surface area contributed by atoms with Crippen LogP contribution in [0.3, 0.4) is 0 Å². The van der Waals surface area contributed by atoms with E-state index in [9.17, 15) is 4.79 Å². The fourth-order valence-electron chi connectivity index (χ4n) is 1.16. The van der Waals surface area contributed by atoms with Crippen molar-refractivity contribution in [2.75, 3.05) is 7.11 Å². The molecule has 0 aliphatic carbocycles. The van der Waals surface area contributed by atoms with Crippen LogP contribution in [0.25, 0.3) is 0 Å². The van der Waals surface area contributed by atoms with Crippen LogP contribution in [0, 0.1) is 0 Å². The summed E-state index contributed by atoms with van der Waals surface area (Å²) in [6.07, 6.45) is 3.36. The number of allylic oxidation sites excluding steroid dienone is 1. The third-order valence-corrected chi connectivity index (χ3v) is 1.74. The maximum Gasteiger partial charge on any atom is 0.150 e. The first kappa shape index (κ1) is 9.52. The van der Waals surface area contributed by atoms with Gasteiger partial charge in [0.15, 0.2) is 0 Å². The van der Waals surface area contributed by atoms with Gasteiger partial charge >= 0.3 is 0 Å².